The second-order valence-electron chi connectivity index (χ2n) is 3.88. The zero-order valence-electron chi connectivity index (χ0n) is 10.4. The van der Waals surface area contributed by atoms with E-state index in [1.165, 1.54) is 11.5 Å². The molecule has 0 radical (unpaired) electrons. The molecular weight excluding hydrogens is 280 g/mol. The Morgan fingerprint density at radius 2 is 2.16 bits per heavy atom. The number of nitrogens with two attached hydrogens (primary N) is 1. The van der Waals surface area contributed by atoms with E-state index in [0.29, 0.717) is 17.9 Å². The summed E-state index contributed by atoms with van der Waals surface area (Å²) < 4.78 is 4.99. The molecule has 19 heavy (non-hydrogen) atoms. The topological polar surface area (TPSA) is 80.9 Å². The molecule has 100 valence electrons. The first-order valence-corrected chi connectivity index (χ1v) is 7.48. The monoisotopic (exact) mass is 294 g/mol. The maximum absolute atomic E-state index is 11.7. The third kappa shape index (κ3) is 4.53. The molecule has 3 N–H and O–H groups in total. The molecule has 0 saturated carbocycles. The smallest absolute Gasteiger partial charge is 0.225 e. The van der Waals surface area contributed by atoms with Gasteiger partial charge in [0.05, 0.1) is 0 Å². The molecular formula is C12H14N4OS2. The van der Waals surface area contributed by atoms with Crippen LogP contribution in [-0.2, 0) is 4.79 Å². The van der Waals surface area contributed by atoms with Crippen LogP contribution in [0.1, 0.15) is 12.2 Å². The molecule has 0 spiro atoms. The van der Waals surface area contributed by atoms with E-state index in [1.54, 1.807) is 36.0 Å². The Balaban J connectivity index is 1.74. The van der Waals surface area contributed by atoms with Crippen molar-refractivity contribution in [2.45, 2.75) is 17.7 Å². The third-order valence-corrected chi connectivity index (χ3v) is 4.18. The average Bonchev–Trinajstić information content (AvgIpc) is 2.78. The van der Waals surface area contributed by atoms with E-state index >= 15 is 0 Å². The number of rotatable bonds is 5. The lowest BCUT2D eigenvalue weighted by molar-refractivity contribution is -0.115. The van der Waals surface area contributed by atoms with Crippen molar-refractivity contribution in [3.63, 3.8) is 0 Å². The number of aromatic nitrogens is 2. The van der Waals surface area contributed by atoms with Gasteiger partial charge in [0.15, 0.2) is 4.34 Å². The van der Waals surface area contributed by atoms with Crippen LogP contribution in [0.4, 0.5) is 11.4 Å². The lowest BCUT2D eigenvalue weighted by Gasteiger charge is -2.04. The Hall–Kier alpha value is -1.60. The van der Waals surface area contributed by atoms with E-state index < -0.39 is 0 Å². The number of hydrogen-bond acceptors (Lipinski definition) is 6. The lowest BCUT2D eigenvalue weighted by Crippen LogP contribution is -2.12. The van der Waals surface area contributed by atoms with Crippen LogP contribution in [0.5, 0.6) is 0 Å². The number of amides is 1. The molecule has 1 aromatic heterocycles. The number of nitrogens with one attached hydrogen (secondary N) is 1. The Bertz CT molecular complexity index is 553. The fraction of sp³-hybridized carbons (Fsp3) is 0.250. The second kappa shape index (κ2) is 6.53. The van der Waals surface area contributed by atoms with Crippen LogP contribution in [0.2, 0.25) is 0 Å². The standard InChI is InChI=1S/C12H14N4OS2/c1-8-14-12(19-16-8)18-7-6-11(17)15-10-4-2-9(13)3-5-10/h2-5H,6-7,13H2,1H3,(H,15,17). The van der Waals surface area contributed by atoms with Crippen LogP contribution in [0.25, 0.3) is 0 Å². The van der Waals surface area contributed by atoms with Gasteiger partial charge in [-0.3, -0.25) is 4.79 Å². The number of nitrogen functional groups attached to an aromatic ring is 1. The third-order valence-electron chi connectivity index (χ3n) is 2.26. The molecule has 7 heteroatoms. The molecule has 1 heterocycles. The highest BCUT2D eigenvalue weighted by molar-refractivity contribution is 8.00. The van der Waals surface area contributed by atoms with Gasteiger partial charge in [0.25, 0.3) is 0 Å². The summed E-state index contributed by atoms with van der Waals surface area (Å²) in [6.45, 7) is 1.86. The maximum Gasteiger partial charge on any atom is 0.225 e. The fourth-order valence-electron chi connectivity index (χ4n) is 1.36. The Morgan fingerprint density at radius 1 is 1.42 bits per heavy atom. The number of hydrogen-bond donors (Lipinski definition) is 2. The van der Waals surface area contributed by atoms with Gasteiger partial charge in [-0.15, -0.1) is 0 Å². The summed E-state index contributed by atoms with van der Waals surface area (Å²) in [5.41, 5.74) is 7.02. The van der Waals surface area contributed by atoms with Crippen LogP contribution in [0, 0.1) is 6.92 Å². The van der Waals surface area contributed by atoms with Gasteiger partial charge in [-0.05, 0) is 42.7 Å². The number of benzene rings is 1. The highest BCUT2D eigenvalue weighted by atomic mass is 32.2. The number of carbonyl (C=O) groups excluding carboxylic acids is 1. The first kappa shape index (κ1) is 13.8. The lowest BCUT2D eigenvalue weighted by atomic mass is 10.3. The first-order valence-electron chi connectivity index (χ1n) is 5.72. The van der Waals surface area contributed by atoms with Crippen LogP contribution in [-0.4, -0.2) is 21.0 Å². The van der Waals surface area contributed by atoms with E-state index in [4.69, 9.17) is 5.73 Å². The van der Waals surface area contributed by atoms with Gasteiger partial charge in [-0.1, -0.05) is 11.8 Å². The molecule has 5 nitrogen and oxygen atoms in total. The van der Waals surface area contributed by atoms with Gasteiger partial charge in [0, 0.05) is 23.5 Å². The SMILES string of the molecule is Cc1nsc(SCCC(=O)Nc2ccc(N)cc2)n1. The molecule has 0 fully saturated rings. The van der Waals surface area contributed by atoms with E-state index in [-0.39, 0.29) is 5.91 Å². The maximum atomic E-state index is 11.7. The molecule has 0 saturated heterocycles. The summed E-state index contributed by atoms with van der Waals surface area (Å²) in [7, 11) is 0. The van der Waals surface area contributed by atoms with E-state index in [2.05, 4.69) is 14.7 Å². The molecule has 0 bridgehead atoms. The molecule has 0 atom stereocenters. The Morgan fingerprint density at radius 3 is 2.79 bits per heavy atom. The molecule has 0 unspecified atom stereocenters. The fourth-order valence-corrected chi connectivity index (χ4v) is 3.01. The molecule has 0 aliphatic carbocycles. The zero-order chi connectivity index (χ0) is 13.7. The first-order chi connectivity index (χ1) is 9.13. The average molecular weight is 294 g/mol. The Labute approximate surface area is 119 Å². The van der Waals surface area contributed by atoms with E-state index in [9.17, 15) is 4.79 Å². The van der Waals surface area contributed by atoms with Gasteiger partial charge in [0.2, 0.25) is 5.91 Å². The van der Waals surface area contributed by atoms with Gasteiger partial charge >= 0.3 is 0 Å². The van der Waals surface area contributed by atoms with Crippen LogP contribution >= 0.6 is 23.3 Å². The van der Waals surface area contributed by atoms with E-state index in [0.717, 1.165) is 15.9 Å². The van der Waals surface area contributed by atoms with E-state index in [1.807, 2.05) is 6.92 Å². The quantitative estimate of drug-likeness (QED) is 0.654. The van der Waals surface area contributed by atoms with Gasteiger partial charge in [-0.2, -0.15) is 4.37 Å². The van der Waals surface area contributed by atoms with Crippen LogP contribution in [0.3, 0.4) is 0 Å². The number of anilines is 2. The molecule has 0 aliphatic rings. The van der Waals surface area contributed by atoms with Gasteiger partial charge in [0.1, 0.15) is 5.82 Å². The highest BCUT2D eigenvalue weighted by Gasteiger charge is 2.05. The summed E-state index contributed by atoms with van der Waals surface area (Å²) in [5, 5.41) is 2.82. The number of thioether (sulfide) groups is 1. The number of nitrogens with zero attached hydrogens (tertiary/aromatic N) is 2. The Kier molecular flexibility index (Phi) is 4.75. The second-order valence-corrected chi connectivity index (χ2v) is 5.97. The molecule has 1 amide bonds. The van der Waals surface area contributed by atoms with Crippen LogP contribution in [0.15, 0.2) is 28.6 Å². The number of aryl methyl sites for hydroxylation is 1. The highest BCUT2D eigenvalue weighted by Crippen LogP contribution is 2.20. The predicted octanol–water partition coefficient (Wildman–Crippen LogP) is 2.55. The summed E-state index contributed by atoms with van der Waals surface area (Å²) in [6.07, 6.45) is 0.438. The van der Waals surface area contributed by atoms with Crippen molar-refractivity contribution in [3.05, 3.63) is 30.1 Å². The van der Waals surface area contributed by atoms with Crippen molar-refractivity contribution in [2.24, 2.45) is 0 Å². The normalized spacial score (nSPS) is 10.4. The molecule has 1 aromatic carbocycles. The minimum atomic E-state index is -0.0153. The molecule has 2 rings (SSSR count). The van der Waals surface area contributed by atoms with Crippen molar-refractivity contribution in [2.75, 3.05) is 16.8 Å². The summed E-state index contributed by atoms with van der Waals surface area (Å²) >= 11 is 2.91. The van der Waals surface area contributed by atoms with Crippen molar-refractivity contribution >= 4 is 40.6 Å². The minimum absolute atomic E-state index is 0.0153. The van der Waals surface area contributed by atoms with Gasteiger partial charge < -0.3 is 11.1 Å². The summed E-state index contributed by atoms with van der Waals surface area (Å²) in [4.78, 5) is 15.9. The largest absolute Gasteiger partial charge is 0.399 e. The van der Waals surface area contributed by atoms with Crippen molar-refractivity contribution < 1.29 is 4.79 Å². The molecule has 2 aromatic rings. The number of carbonyl (C=O) groups is 1. The zero-order valence-corrected chi connectivity index (χ0v) is 12.1. The predicted molar refractivity (Wildman–Crippen MR) is 79.5 cm³/mol. The van der Waals surface area contributed by atoms with Crippen molar-refractivity contribution in [1.82, 2.24) is 9.36 Å². The summed E-state index contributed by atoms with van der Waals surface area (Å²) in [5.74, 6) is 1.45. The van der Waals surface area contributed by atoms with Crippen molar-refractivity contribution in [1.29, 1.82) is 0 Å². The summed E-state index contributed by atoms with van der Waals surface area (Å²) in [6, 6.07) is 7.09. The van der Waals surface area contributed by atoms with Crippen LogP contribution < -0.4 is 11.1 Å². The van der Waals surface area contributed by atoms with Gasteiger partial charge in [-0.25, -0.2) is 4.98 Å². The molecule has 0 aliphatic heterocycles. The van der Waals surface area contributed by atoms with Crippen molar-refractivity contribution in [3.8, 4) is 0 Å². The minimum Gasteiger partial charge on any atom is -0.399 e.